The normalized spacial score (nSPS) is 14.5. The van der Waals surface area contributed by atoms with Gasteiger partial charge in [0, 0.05) is 0 Å². The molecule has 1 aromatic carbocycles. The quantitative estimate of drug-likeness (QED) is 0.732. The van der Waals surface area contributed by atoms with Gasteiger partial charge in [0.05, 0.1) is 8.95 Å². The Morgan fingerprint density at radius 1 is 0.917 bits per heavy atom. The van der Waals surface area contributed by atoms with Crippen LogP contribution < -0.4 is 9.47 Å². The molecule has 1 aliphatic rings. The number of hydrogen-bond donors (Lipinski definition) is 0. The summed E-state index contributed by atoms with van der Waals surface area (Å²) in [6.07, 6.45) is 0. The second-order valence-corrected chi connectivity index (χ2v) is 4.09. The van der Waals surface area contributed by atoms with Crippen molar-refractivity contribution >= 4 is 31.9 Å². The molecule has 0 amide bonds. The van der Waals surface area contributed by atoms with Crippen molar-refractivity contribution in [2.75, 3.05) is 13.2 Å². The van der Waals surface area contributed by atoms with Crippen LogP contribution in [-0.2, 0) is 0 Å². The number of rotatable bonds is 0. The van der Waals surface area contributed by atoms with Gasteiger partial charge in [0.1, 0.15) is 13.2 Å². The maximum atomic E-state index is 5.43. The Morgan fingerprint density at radius 2 is 1.33 bits per heavy atom. The lowest BCUT2D eigenvalue weighted by Gasteiger charge is -2.20. The summed E-state index contributed by atoms with van der Waals surface area (Å²) in [7, 11) is 0. The van der Waals surface area contributed by atoms with Gasteiger partial charge < -0.3 is 9.47 Å². The van der Waals surface area contributed by atoms with E-state index in [-0.39, 0.29) is 0 Å². The summed E-state index contributed by atoms with van der Waals surface area (Å²) in [5.41, 5.74) is 0. The zero-order chi connectivity index (χ0) is 8.55. The van der Waals surface area contributed by atoms with E-state index >= 15 is 0 Å². The SMILES string of the molecule is Brc1ccc(Br)c2c1OCCO2. The Balaban J connectivity index is 2.57. The number of ether oxygens (including phenoxy) is 2. The second-order valence-electron chi connectivity index (χ2n) is 2.38. The highest BCUT2D eigenvalue weighted by atomic mass is 79.9. The molecule has 64 valence electrons. The van der Waals surface area contributed by atoms with Crippen LogP contribution >= 0.6 is 31.9 Å². The lowest BCUT2D eigenvalue weighted by molar-refractivity contribution is 0.169. The van der Waals surface area contributed by atoms with Crippen molar-refractivity contribution in [1.29, 1.82) is 0 Å². The summed E-state index contributed by atoms with van der Waals surface area (Å²) in [6.45, 7) is 1.23. The van der Waals surface area contributed by atoms with E-state index in [1.807, 2.05) is 12.1 Å². The molecule has 0 saturated heterocycles. The topological polar surface area (TPSA) is 18.5 Å². The van der Waals surface area contributed by atoms with Gasteiger partial charge in [0.2, 0.25) is 0 Å². The number of hydrogen-bond acceptors (Lipinski definition) is 2. The lowest BCUT2D eigenvalue weighted by Crippen LogP contribution is -2.15. The minimum atomic E-state index is 0.613. The molecule has 0 unspecified atom stereocenters. The molecule has 0 bridgehead atoms. The van der Waals surface area contributed by atoms with Crippen LogP contribution in [0.3, 0.4) is 0 Å². The fraction of sp³-hybridized carbons (Fsp3) is 0.250. The van der Waals surface area contributed by atoms with E-state index in [4.69, 9.17) is 9.47 Å². The molecule has 0 fully saturated rings. The van der Waals surface area contributed by atoms with E-state index in [0.717, 1.165) is 20.4 Å². The van der Waals surface area contributed by atoms with Gasteiger partial charge in [-0.1, -0.05) is 0 Å². The Bertz CT molecular complexity index is 281. The van der Waals surface area contributed by atoms with E-state index in [9.17, 15) is 0 Å². The Hall–Kier alpha value is -0.220. The van der Waals surface area contributed by atoms with Crippen molar-refractivity contribution in [2.24, 2.45) is 0 Å². The first-order valence-corrected chi connectivity index (χ1v) is 5.11. The fourth-order valence-electron chi connectivity index (χ4n) is 1.07. The molecule has 12 heavy (non-hydrogen) atoms. The Morgan fingerprint density at radius 3 is 1.75 bits per heavy atom. The molecule has 0 spiro atoms. The van der Waals surface area contributed by atoms with Crippen LogP contribution in [0.5, 0.6) is 11.5 Å². The molecule has 4 heteroatoms. The van der Waals surface area contributed by atoms with Crippen molar-refractivity contribution in [3.05, 3.63) is 21.1 Å². The number of benzene rings is 1. The molecule has 0 aliphatic carbocycles. The molecular weight excluding hydrogens is 288 g/mol. The maximum absolute atomic E-state index is 5.43. The van der Waals surface area contributed by atoms with Crippen molar-refractivity contribution in [3.63, 3.8) is 0 Å². The molecule has 0 N–H and O–H groups in total. The number of fused-ring (bicyclic) bond motifs is 1. The molecule has 1 heterocycles. The third-order valence-electron chi connectivity index (χ3n) is 1.59. The number of halogens is 2. The average Bonchev–Trinajstić information content (AvgIpc) is 2.12. The van der Waals surface area contributed by atoms with Crippen molar-refractivity contribution in [3.8, 4) is 11.5 Å². The van der Waals surface area contributed by atoms with Crippen LogP contribution in [0.1, 0.15) is 0 Å². The van der Waals surface area contributed by atoms with Crippen LogP contribution in [-0.4, -0.2) is 13.2 Å². The van der Waals surface area contributed by atoms with Crippen molar-refractivity contribution < 1.29 is 9.47 Å². The van der Waals surface area contributed by atoms with E-state index in [1.165, 1.54) is 0 Å². The minimum absolute atomic E-state index is 0.613. The molecule has 0 atom stereocenters. The first-order valence-electron chi connectivity index (χ1n) is 3.52. The van der Waals surface area contributed by atoms with Crippen LogP contribution in [0.4, 0.5) is 0 Å². The first-order chi connectivity index (χ1) is 5.79. The van der Waals surface area contributed by atoms with Gasteiger partial charge in [-0.15, -0.1) is 0 Å². The molecule has 1 aliphatic heterocycles. The molecule has 0 radical (unpaired) electrons. The standard InChI is InChI=1S/C8H6Br2O2/c9-5-1-2-6(10)8-7(5)11-3-4-12-8/h1-2H,3-4H2. The fourth-order valence-corrected chi connectivity index (χ4v) is 1.92. The third kappa shape index (κ3) is 1.33. The van der Waals surface area contributed by atoms with Crippen molar-refractivity contribution in [1.82, 2.24) is 0 Å². The zero-order valence-corrected chi connectivity index (χ0v) is 9.31. The van der Waals surface area contributed by atoms with Crippen LogP contribution in [0, 0.1) is 0 Å². The maximum Gasteiger partial charge on any atom is 0.176 e. The highest BCUT2D eigenvalue weighted by Crippen LogP contribution is 2.42. The molecule has 0 saturated carbocycles. The second kappa shape index (κ2) is 3.26. The monoisotopic (exact) mass is 292 g/mol. The van der Waals surface area contributed by atoms with E-state index in [2.05, 4.69) is 31.9 Å². The summed E-state index contributed by atoms with van der Waals surface area (Å²) in [6, 6.07) is 3.86. The minimum Gasteiger partial charge on any atom is -0.485 e. The van der Waals surface area contributed by atoms with Crippen LogP contribution in [0.15, 0.2) is 21.1 Å². The molecule has 1 aromatic rings. The molecule has 0 aromatic heterocycles. The average molecular weight is 294 g/mol. The van der Waals surface area contributed by atoms with Gasteiger partial charge in [-0.3, -0.25) is 0 Å². The van der Waals surface area contributed by atoms with Gasteiger partial charge in [0.25, 0.3) is 0 Å². The summed E-state index contributed by atoms with van der Waals surface area (Å²) in [4.78, 5) is 0. The summed E-state index contributed by atoms with van der Waals surface area (Å²) in [5, 5.41) is 0. The van der Waals surface area contributed by atoms with E-state index in [1.54, 1.807) is 0 Å². The molecule has 2 nitrogen and oxygen atoms in total. The van der Waals surface area contributed by atoms with E-state index in [0.29, 0.717) is 13.2 Å². The van der Waals surface area contributed by atoms with Crippen molar-refractivity contribution in [2.45, 2.75) is 0 Å². The highest BCUT2D eigenvalue weighted by molar-refractivity contribution is 9.11. The highest BCUT2D eigenvalue weighted by Gasteiger charge is 2.17. The Kier molecular flexibility index (Phi) is 2.28. The summed E-state index contributed by atoms with van der Waals surface area (Å²) >= 11 is 6.78. The summed E-state index contributed by atoms with van der Waals surface area (Å²) in [5.74, 6) is 1.58. The van der Waals surface area contributed by atoms with Crippen LogP contribution in [0.25, 0.3) is 0 Å². The smallest absolute Gasteiger partial charge is 0.176 e. The third-order valence-corrected chi connectivity index (χ3v) is 2.84. The molecular formula is C8H6Br2O2. The lowest BCUT2D eigenvalue weighted by atomic mass is 10.3. The van der Waals surface area contributed by atoms with Gasteiger partial charge in [-0.2, -0.15) is 0 Å². The van der Waals surface area contributed by atoms with Gasteiger partial charge in [0.15, 0.2) is 11.5 Å². The predicted octanol–water partition coefficient (Wildman–Crippen LogP) is 2.98. The first kappa shape index (κ1) is 8.38. The Labute approximate surface area is 87.1 Å². The van der Waals surface area contributed by atoms with E-state index < -0.39 is 0 Å². The van der Waals surface area contributed by atoms with Gasteiger partial charge in [-0.25, -0.2) is 0 Å². The zero-order valence-electron chi connectivity index (χ0n) is 6.14. The van der Waals surface area contributed by atoms with Gasteiger partial charge >= 0.3 is 0 Å². The molecule has 2 rings (SSSR count). The van der Waals surface area contributed by atoms with Gasteiger partial charge in [-0.05, 0) is 44.0 Å². The largest absolute Gasteiger partial charge is 0.485 e. The predicted molar refractivity (Wildman–Crippen MR) is 52.8 cm³/mol. The summed E-state index contributed by atoms with van der Waals surface area (Å²) < 4.78 is 12.7. The van der Waals surface area contributed by atoms with Crippen LogP contribution in [0.2, 0.25) is 0 Å².